The number of rotatable bonds is 2. The second kappa shape index (κ2) is 4.23. The van der Waals surface area contributed by atoms with Gasteiger partial charge >= 0.3 is 5.97 Å². The van der Waals surface area contributed by atoms with E-state index in [2.05, 4.69) is 20.8 Å². The summed E-state index contributed by atoms with van der Waals surface area (Å²) in [4.78, 5) is 13.1. The van der Waals surface area contributed by atoms with Crippen LogP contribution in [0.15, 0.2) is 22.7 Å². The largest absolute Gasteiger partial charge is 0.478 e. The Morgan fingerprint density at radius 1 is 1.27 bits per heavy atom. The van der Waals surface area contributed by atoms with Gasteiger partial charge in [-0.1, -0.05) is 15.9 Å². The third-order valence-corrected chi connectivity index (χ3v) is 3.06. The molecule has 0 atom stereocenters. The Morgan fingerprint density at radius 2 is 1.93 bits per heavy atom. The number of nitrogens with zero attached hydrogens (tertiary/aromatic N) is 1. The Labute approximate surface area is 96.8 Å². The summed E-state index contributed by atoms with van der Waals surface area (Å²) >= 11 is 3.34. The molecule has 1 aliphatic heterocycles. The molecule has 1 fully saturated rings. The normalized spacial score (nSPS) is 15.7. The van der Waals surface area contributed by atoms with Crippen LogP contribution in [0.3, 0.4) is 0 Å². The van der Waals surface area contributed by atoms with Gasteiger partial charge in [0, 0.05) is 23.2 Å². The van der Waals surface area contributed by atoms with E-state index in [-0.39, 0.29) is 0 Å². The quantitative estimate of drug-likeness (QED) is 0.898. The van der Waals surface area contributed by atoms with Gasteiger partial charge < -0.3 is 10.0 Å². The van der Waals surface area contributed by atoms with Gasteiger partial charge in [-0.15, -0.1) is 0 Å². The van der Waals surface area contributed by atoms with Crippen LogP contribution < -0.4 is 4.90 Å². The molecule has 1 N–H and O–H groups in total. The fraction of sp³-hybridized carbons (Fsp3) is 0.364. The number of hydrogen-bond acceptors (Lipinski definition) is 2. The zero-order valence-electron chi connectivity index (χ0n) is 8.24. The van der Waals surface area contributed by atoms with Crippen LogP contribution >= 0.6 is 15.9 Å². The van der Waals surface area contributed by atoms with Gasteiger partial charge in [-0.25, -0.2) is 4.79 Å². The maximum Gasteiger partial charge on any atom is 0.335 e. The molecule has 0 saturated carbocycles. The molecule has 1 saturated heterocycles. The predicted molar refractivity (Wildman–Crippen MR) is 62.5 cm³/mol. The highest BCUT2D eigenvalue weighted by molar-refractivity contribution is 9.10. The zero-order valence-corrected chi connectivity index (χ0v) is 9.83. The van der Waals surface area contributed by atoms with Crippen molar-refractivity contribution in [2.75, 3.05) is 18.0 Å². The first kappa shape index (κ1) is 10.5. The fourth-order valence-corrected chi connectivity index (χ4v) is 2.34. The van der Waals surface area contributed by atoms with Crippen LogP contribution in [0, 0.1) is 0 Å². The van der Waals surface area contributed by atoms with Crippen molar-refractivity contribution >= 4 is 27.6 Å². The number of aromatic carboxylic acids is 1. The number of benzene rings is 1. The van der Waals surface area contributed by atoms with Crippen molar-refractivity contribution in [2.45, 2.75) is 12.8 Å². The minimum Gasteiger partial charge on any atom is -0.478 e. The van der Waals surface area contributed by atoms with E-state index in [4.69, 9.17) is 5.11 Å². The van der Waals surface area contributed by atoms with E-state index in [9.17, 15) is 4.79 Å². The van der Waals surface area contributed by atoms with Gasteiger partial charge in [0.1, 0.15) is 0 Å². The molecule has 1 aromatic carbocycles. The molecule has 4 heteroatoms. The lowest BCUT2D eigenvalue weighted by molar-refractivity contribution is 0.0697. The van der Waals surface area contributed by atoms with Crippen molar-refractivity contribution in [3.05, 3.63) is 28.2 Å². The Balaban J connectivity index is 2.34. The maximum absolute atomic E-state index is 10.9. The molecule has 0 aromatic heterocycles. The van der Waals surface area contributed by atoms with Gasteiger partial charge in [-0.3, -0.25) is 0 Å². The fourth-order valence-electron chi connectivity index (χ4n) is 1.86. The summed E-state index contributed by atoms with van der Waals surface area (Å²) in [6.07, 6.45) is 2.38. The Bertz CT molecular complexity index is 386. The second-order valence-corrected chi connectivity index (χ2v) is 4.61. The molecule has 0 spiro atoms. The van der Waals surface area contributed by atoms with Crippen molar-refractivity contribution in [3.63, 3.8) is 0 Å². The second-order valence-electron chi connectivity index (χ2n) is 3.70. The third kappa shape index (κ3) is 2.31. The van der Waals surface area contributed by atoms with Crippen LogP contribution in [0.4, 0.5) is 5.69 Å². The molecule has 0 amide bonds. The summed E-state index contributed by atoms with van der Waals surface area (Å²) in [5.41, 5.74) is 1.34. The van der Waals surface area contributed by atoms with Gasteiger partial charge in [0.25, 0.3) is 0 Å². The molecule has 3 nitrogen and oxygen atoms in total. The molecule has 2 rings (SSSR count). The van der Waals surface area contributed by atoms with Crippen LogP contribution in [0.5, 0.6) is 0 Å². The zero-order chi connectivity index (χ0) is 10.8. The Kier molecular flexibility index (Phi) is 2.95. The highest BCUT2D eigenvalue weighted by atomic mass is 79.9. The maximum atomic E-state index is 10.9. The molecule has 1 aliphatic rings. The van der Waals surface area contributed by atoms with Gasteiger partial charge in [0.15, 0.2) is 0 Å². The van der Waals surface area contributed by atoms with E-state index in [0.717, 1.165) is 23.2 Å². The first-order valence-corrected chi connectivity index (χ1v) is 5.75. The molecule has 15 heavy (non-hydrogen) atoms. The van der Waals surface area contributed by atoms with Crippen LogP contribution in [-0.2, 0) is 0 Å². The molecular formula is C11H12BrNO2. The summed E-state index contributed by atoms with van der Waals surface area (Å²) in [5, 5.41) is 8.94. The third-order valence-electron chi connectivity index (χ3n) is 2.60. The summed E-state index contributed by atoms with van der Waals surface area (Å²) in [5.74, 6) is -0.878. The van der Waals surface area contributed by atoms with Gasteiger partial charge in [-0.05, 0) is 31.0 Å². The first-order chi connectivity index (χ1) is 7.16. The van der Waals surface area contributed by atoms with Crippen LogP contribution in [0.1, 0.15) is 23.2 Å². The SMILES string of the molecule is O=C(O)c1cc(Br)cc(N2CCCC2)c1. The van der Waals surface area contributed by atoms with Crippen LogP contribution in [-0.4, -0.2) is 24.2 Å². The number of hydrogen-bond donors (Lipinski definition) is 1. The standard InChI is InChI=1S/C11H12BrNO2/c12-9-5-8(11(14)15)6-10(7-9)13-3-1-2-4-13/h5-7H,1-4H2,(H,14,15). The minimum absolute atomic E-state index is 0.339. The van der Waals surface area contributed by atoms with Crippen LogP contribution in [0.25, 0.3) is 0 Å². The summed E-state index contributed by atoms with van der Waals surface area (Å²) in [6.45, 7) is 2.05. The van der Waals surface area contributed by atoms with E-state index in [1.54, 1.807) is 12.1 Å². The summed E-state index contributed by atoms with van der Waals surface area (Å²) in [6, 6.07) is 5.33. The van der Waals surface area contributed by atoms with E-state index in [1.807, 2.05) is 6.07 Å². The highest BCUT2D eigenvalue weighted by Gasteiger charge is 2.14. The lowest BCUT2D eigenvalue weighted by Gasteiger charge is -2.18. The molecule has 0 bridgehead atoms. The summed E-state index contributed by atoms with van der Waals surface area (Å²) in [7, 11) is 0. The van der Waals surface area contributed by atoms with Crippen molar-refractivity contribution in [1.82, 2.24) is 0 Å². The minimum atomic E-state index is -0.878. The van der Waals surface area contributed by atoms with E-state index >= 15 is 0 Å². The molecule has 1 aromatic rings. The average Bonchev–Trinajstić information content (AvgIpc) is 2.69. The lowest BCUT2D eigenvalue weighted by atomic mass is 10.2. The van der Waals surface area contributed by atoms with E-state index in [0.29, 0.717) is 5.56 Å². The number of halogens is 1. The first-order valence-electron chi connectivity index (χ1n) is 4.95. The summed E-state index contributed by atoms with van der Waals surface area (Å²) < 4.78 is 0.823. The number of carboxylic acids is 1. The number of anilines is 1. The molecule has 80 valence electrons. The molecular weight excluding hydrogens is 258 g/mol. The number of carbonyl (C=O) groups is 1. The van der Waals surface area contributed by atoms with Crippen molar-refractivity contribution in [3.8, 4) is 0 Å². The van der Waals surface area contributed by atoms with Gasteiger partial charge in [0.05, 0.1) is 5.56 Å². The van der Waals surface area contributed by atoms with E-state index in [1.165, 1.54) is 12.8 Å². The molecule has 0 unspecified atom stereocenters. The monoisotopic (exact) mass is 269 g/mol. The average molecular weight is 270 g/mol. The topological polar surface area (TPSA) is 40.5 Å². The van der Waals surface area contributed by atoms with Crippen LogP contribution in [0.2, 0.25) is 0 Å². The highest BCUT2D eigenvalue weighted by Crippen LogP contribution is 2.25. The van der Waals surface area contributed by atoms with Gasteiger partial charge in [-0.2, -0.15) is 0 Å². The van der Waals surface area contributed by atoms with Crippen molar-refractivity contribution < 1.29 is 9.90 Å². The lowest BCUT2D eigenvalue weighted by Crippen LogP contribution is -2.18. The smallest absolute Gasteiger partial charge is 0.335 e. The number of carboxylic acid groups (broad SMARTS) is 1. The Hall–Kier alpha value is -1.03. The molecule has 0 aliphatic carbocycles. The molecule has 0 radical (unpaired) electrons. The van der Waals surface area contributed by atoms with Crippen molar-refractivity contribution in [2.24, 2.45) is 0 Å². The Morgan fingerprint density at radius 3 is 2.53 bits per heavy atom. The van der Waals surface area contributed by atoms with Crippen molar-refractivity contribution in [1.29, 1.82) is 0 Å². The predicted octanol–water partition coefficient (Wildman–Crippen LogP) is 2.75. The van der Waals surface area contributed by atoms with E-state index < -0.39 is 5.97 Å². The molecule has 1 heterocycles. The van der Waals surface area contributed by atoms with Gasteiger partial charge in [0.2, 0.25) is 0 Å².